The highest BCUT2D eigenvalue weighted by Gasteiger charge is 2.06. The van der Waals surface area contributed by atoms with Crippen LogP contribution in [-0.2, 0) is 6.42 Å². The molecule has 0 radical (unpaired) electrons. The predicted molar refractivity (Wildman–Crippen MR) is 67.4 cm³/mol. The van der Waals surface area contributed by atoms with Crippen molar-refractivity contribution in [3.05, 3.63) is 11.1 Å². The SMILES string of the molecule is CCc1csc(NCC(N)CC(C)C)n1. The lowest BCUT2D eigenvalue weighted by Crippen LogP contribution is -2.30. The van der Waals surface area contributed by atoms with E-state index >= 15 is 0 Å². The average molecular weight is 227 g/mol. The second kappa shape index (κ2) is 6.08. The second-order valence-electron chi connectivity index (χ2n) is 4.27. The molecular weight excluding hydrogens is 206 g/mol. The molecule has 1 atom stereocenters. The van der Waals surface area contributed by atoms with Gasteiger partial charge in [-0.3, -0.25) is 0 Å². The third-order valence-corrected chi connectivity index (χ3v) is 3.05. The highest BCUT2D eigenvalue weighted by molar-refractivity contribution is 7.13. The highest BCUT2D eigenvalue weighted by Crippen LogP contribution is 2.15. The minimum absolute atomic E-state index is 0.221. The summed E-state index contributed by atoms with van der Waals surface area (Å²) in [5.74, 6) is 0.657. The molecule has 86 valence electrons. The Morgan fingerprint density at radius 1 is 1.53 bits per heavy atom. The number of hydrogen-bond acceptors (Lipinski definition) is 4. The lowest BCUT2D eigenvalue weighted by atomic mass is 10.1. The van der Waals surface area contributed by atoms with E-state index < -0.39 is 0 Å². The molecule has 0 aliphatic carbocycles. The number of nitrogens with zero attached hydrogens (tertiary/aromatic N) is 1. The Hall–Kier alpha value is -0.610. The first-order valence-corrected chi connectivity index (χ1v) is 6.43. The van der Waals surface area contributed by atoms with Crippen molar-refractivity contribution in [1.29, 1.82) is 0 Å². The second-order valence-corrected chi connectivity index (χ2v) is 5.13. The van der Waals surface area contributed by atoms with Crippen LogP contribution in [0.1, 0.15) is 32.9 Å². The van der Waals surface area contributed by atoms with Crippen molar-refractivity contribution < 1.29 is 0 Å². The summed E-state index contributed by atoms with van der Waals surface area (Å²) in [6.45, 7) is 7.31. The Morgan fingerprint density at radius 3 is 2.80 bits per heavy atom. The topological polar surface area (TPSA) is 50.9 Å². The number of rotatable bonds is 6. The van der Waals surface area contributed by atoms with Gasteiger partial charge in [-0.2, -0.15) is 0 Å². The minimum atomic E-state index is 0.221. The van der Waals surface area contributed by atoms with Gasteiger partial charge in [-0.1, -0.05) is 20.8 Å². The number of anilines is 1. The van der Waals surface area contributed by atoms with Gasteiger partial charge in [0.1, 0.15) is 0 Å². The normalized spacial score (nSPS) is 13.1. The summed E-state index contributed by atoms with van der Waals surface area (Å²) in [6, 6.07) is 0.221. The van der Waals surface area contributed by atoms with Crippen LogP contribution in [-0.4, -0.2) is 17.6 Å². The molecule has 0 saturated heterocycles. The van der Waals surface area contributed by atoms with Gasteiger partial charge in [0.25, 0.3) is 0 Å². The lowest BCUT2D eigenvalue weighted by molar-refractivity contribution is 0.508. The van der Waals surface area contributed by atoms with Gasteiger partial charge in [-0.25, -0.2) is 4.98 Å². The van der Waals surface area contributed by atoms with E-state index in [-0.39, 0.29) is 6.04 Å². The Kier molecular flexibility index (Phi) is 5.05. The van der Waals surface area contributed by atoms with Crippen molar-refractivity contribution in [1.82, 2.24) is 4.98 Å². The van der Waals surface area contributed by atoms with Crippen molar-refractivity contribution in [3.8, 4) is 0 Å². The average Bonchev–Trinajstić information content (AvgIpc) is 2.61. The number of aromatic nitrogens is 1. The molecule has 0 aliphatic rings. The fourth-order valence-corrected chi connectivity index (χ4v) is 2.26. The summed E-state index contributed by atoms with van der Waals surface area (Å²) in [7, 11) is 0. The van der Waals surface area contributed by atoms with E-state index in [2.05, 4.69) is 36.5 Å². The van der Waals surface area contributed by atoms with E-state index in [1.807, 2.05) is 0 Å². The van der Waals surface area contributed by atoms with Crippen LogP contribution in [0.5, 0.6) is 0 Å². The number of nitrogens with two attached hydrogens (primary N) is 1. The van der Waals surface area contributed by atoms with Crippen molar-refractivity contribution in [2.45, 2.75) is 39.7 Å². The molecule has 0 aromatic carbocycles. The molecule has 0 fully saturated rings. The third-order valence-electron chi connectivity index (χ3n) is 2.20. The third kappa shape index (κ3) is 4.62. The van der Waals surface area contributed by atoms with Crippen LogP contribution >= 0.6 is 11.3 Å². The molecular formula is C11H21N3S. The molecule has 0 aliphatic heterocycles. The quantitative estimate of drug-likeness (QED) is 0.785. The standard InChI is InChI=1S/C11H21N3S/c1-4-10-7-15-11(14-10)13-6-9(12)5-8(2)3/h7-9H,4-6,12H2,1-3H3,(H,13,14). The van der Waals surface area contributed by atoms with Gasteiger partial charge in [0, 0.05) is 18.0 Å². The lowest BCUT2D eigenvalue weighted by Gasteiger charge is -2.13. The molecule has 0 bridgehead atoms. The summed E-state index contributed by atoms with van der Waals surface area (Å²) in [5.41, 5.74) is 7.13. The molecule has 0 saturated carbocycles. The molecule has 1 heterocycles. The van der Waals surface area contributed by atoms with Gasteiger partial charge in [0.15, 0.2) is 5.13 Å². The van der Waals surface area contributed by atoms with Gasteiger partial charge < -0.3 is 11.1 Å². The Morgan fingerprint density at radius 2 is 2.27 bits per heavy atom. The van der Waals surface area contributed by atoms with E-state index in [1.54, 1.807) is 11.3 Å². The van der Waals surface area contributed by atoms with Crippen LogP contribution in [0, 0.1) is 5.92 Å². The van der Waals surface area contributed by atoms with Gasteiger partial charge >= 0.3 is 0 Å². The Labute approximate surface area is 96.1 Å². The van der Waals surface area contributed by atoms with Crippen LogP contribution in [0.3, 0.4) is 0 Å². The molecule has 1 unspecified atom stereocenters. The monoisotopic (exact) mass is 227 g/mol. The summed E-state index contributed by atoms with van der Waals surface area (Å²) >= 11 is 1.66. The molecule has 15 heavy (non-hydrogen) atoms. The first kappa shape index (κ1) is 12.5. The van der Waals surface area contributed by atoms with Gasteiger partial charge in [-0.15, -0.1) is 11.3 Å². The number of thiazole rings is 1. The molecule has 4 heteroatoms. The van der Waals surface area contributed by atoms with E-state index in [0.717, 1.165) is 30.2 Å². The zero-order chi connectivity index (χ0) is 11.3. The van der Waals surface area contributed by atoms with Crippen LogP contribution in [0.2, 0.25) is 0 Å². The van der Waals surface area contributed by atoms with Crippen LogP contribution in [0.15, 0.2) is 5.38 Å². The Balaban J connectivity index is 2.30. The summed E-state index contributed by atoms with van der Waals surface area (Å²) in [6.07, 6.45) is 2.05. The van der Waals surface area contributed by atoms with Crippen molar-refractivity contribution >= 4 is 16.5 Å². The maximum atomic E-state index is 5.98. The first-order valence-electron chi connectivity index (χ1n) is 5.55. The molecule has 1 aromatic heterocycles. The van der Waals surface area contributed by atoms with Crippen molar-refractivity contribution in [3.63, 3.8) is 0 Å². The van der Waals surface area contributed by atoms with E-state index in [4.69, 9.17) is 5.73 Å². The zero-order valence-corrected chi connectivity index (χ0v) is 10.6. The summed E-state index contributed by atoms with van der Waals surface area (Å²) in [5, 5.41) is 6.37. The summed E-state index contributed by atoms with van der Waals surface area (Å²) < 4.78 is 0. The number of hydrogen-bond donors (Lipinski definition) is 2. The fraction of sp³-hybridized carbons (Fsp3) is 0.727. The summed E-state index contributed by atoms with van der Waals surface area (Å²) in [4.78, 5) is 4.43. The molecule has 1 rings (SSSR count). The first-order chi connectivity index (χ1) is 7.11. The van der Waals surface area contributed by atoms with E-state index in [9.17, 15) is 0 Å². The van der Waals surface area contributed by atoms with E-state index in [1.165, 1.54) is 0 Å². The van der Waals surface area contributed by atoms with Crippen LogP contribution in [0.4, 0.5) is 5.13 Å². The van der Waals surface area contributed by atoms with E-state index in [0.29, 0.717) is 5.92 Å². The molecule has 1 aromatic rings. The smallest absolute Gasteiger partial charge is 0.182 e. The molecule has 3 nitrogen and oxygen atoms in total. The molecule has 3 N–H and O–H groups in total. The zero-order valence-electron chi connectivity index (χ0n) is 9.79. The maximum Gasteiger partial charge on any atom is 0.182 e. The minimum Gasteiger partial charge on any atom is -0.360 e. The number of nitrogens with one attached hydrogen (secondary N) is 1. The largest absolute Gasteiger partial charge is 0.360 e. The van der Waals surface area contributed by atoms with Crippen LogP contribution in [0.25, 0.3) is 0 Å². The van der Waals surface area contributed by atoms with Crippen molar-refractivity contribution in [2.75, 3.05) is 11.9 Å². The molecule has 0 spiro atoms. The highest BCUT2D eigenvalue weighted by atomic mass is 32.1. The van der Waals surface area contributed by atoms with Gasteiger partial charge in [-0.05, 0) is 18.8 Å². The Bertz CT molecular complexity index is 283. The predicted octanol–water partition coefficient (Wildman–Crippen LogP) is 2.49. The fourth-order valence-electron chi connectivity index (χ4n) is 1.46. The van der Waals surface area contributed by atoms with Gasteiger partial charge in [0.2, 0.25) is 0 Å². The number of aryl methyl sites for hydroxylation is 1. The van der Waals surface area contributed by atoms with Gasteiger partial charge in [0.05, 0.1) is 5.69 Å². The maximum absolute atomic E-state index is 5.98. The van der Waals surface area contributed by atoms with Crippen LogP contribution < -0.4 is 11.1 Å². The van der Waals surface area contributed by atoms with Crippen molar-refractivity contribution in [2.24, 2.45) is 11.7 Å². The molecule has 0 amide bonds.